The lowest BCUT2D eigenvalue weighted by molar-refractivity contribution is 0.0948. The van der Waals surface area contributed by atoms with Crippen molar-refractivity contribution in [1.29, 1.82) is 0 Å². The van der Waals surface area contributed by atoms with E-state index in [1.165, 1.54) is 28.0 Å². The summed E-state index contributed by atoms with van der Waals surface area (Å²) >= 11 is 1.75. The van der Waals surface area contributed by atoms with Gasteiger partial charge in [-0.25, -0.2) is 13.4 Å². The molecular weight excluding hydrogens is 554 g/mol. The SMILES string of the molecule is Cc1cc(C)c2sc(N3CCN(CCNC(=O)c4ccccc4NS(=O)(=O)c4ccccc4)CC3)nc2c1.Cl. The van der Waals surface area contributed by atoms with Crippen molar-refractivity contribution in [2.24, 2.45) is 0 Å². The molecule has 0 aliphatic carbocycles. The van der Waals surface area contributed by atoms with E-state index in [1.54, 1.807) is 53.8 Å². The van der Waals surface area contributed by atoms with Crippen LogP contribution in [0.2, 0.25) is 0 Å². The van der Waals surface area contributed by atoms with E-state index >= 15 is 0 Å². The molecule has 206 valence electrons. The Labute approximate surface area is 239 Å². The fraction of sp³-hybridized carbons (Fsp3) is 0.286. The number of para-hydroxylation sites is 1. The highest BCUT2D eigenvalue weighted by Gasteiger charge is 2.21. The van der Waals surface area contributed by atoms with Crippen LogP contribution < -0.4 is 14.9 Å². The molecule has 3 aromatic carbocycles. The van der Waals surface area contributed by atoms with E-state index in [1.807, 2.05) is 0 Å². The summed E-state index contributed by atoms with van der Waals surface area (Å²) in [7, 11) is -3.80. The lowest BCUT2D eigenvalue weighted by atomic mass is 10.1. The Morgan fingerprint density at radius 3 is 2.41 bits per heavy atom. The van der Waals surface area contributed by atoms with Gasteiger partial charge in [-0.15, -0.1) is 12.4 Å². The Morgan fingerprint density at radius 1 is 0.974 bits per heavy atom. The molecule has 1 aromatic heterocycles. The number of amides is 1. The molecule has 0 atom stereocenters. The van der Waals surface area contributed by atoms with Gasteiger partial charge in [-0.1, -0.05) is 47.7 Å². The molecular formula is C28H32ClN5O3S2. The Kier molecular flexibility index (Phi) is 9.12. The van der Waals surface area contributed by atoms with Crippen molar-refractivity contribution in [3.05, 3.63) is 83.4 Å². The first kappa shape index (κ1) is 28.8. The van der Waals surface area contributed by atoms with Crippen LogP contribution in [0.1, 0.15) is 21.5 Å². The molecule has 2 N–H and O–H groups in total. The number of hydrogen-bond donors (Lipinski definition) is 2. The minimum atomic E-state index is -3.80. The Morgan fingerprint density at radius 2 is 1.67 bits per heavy atom. The fourth-order valence-corrected chi connectivity index (χ4v) is 6.83. The number of carbonyl (C=O) groups is 1. The van der Waals surface area contributed by atoms with Gasteiger partial charge in [-0.2, -0.15) is 0 Å². The molecule has 2 heterocycles. The average molecular weight is 586 g/mol. The van der Waals surface area contributed by atoms with Crippen LogP contribution in [-0.4, -0.2) is 63.5 Å². The van der Waals surface area contributed by atoms with Crippen LogP contribution in [-0.2, 0) is 10.0 Å². The number of anilines is 2. The van der Waals surface area contributed by atoms with Crippen molar-refractivity contribution in [3.8, 4) is 0 Å². The highest BCUT2D eigenvalue weighted by atomic mass is 35.5. The van der Waals surface area contributed by atoms with Crippen LogP contribution in [0.4, 0.5) is 10.8 Å². The number of fused-ring (bicyclic) bond motifs is 1. The first-order chi connectivity index (χ1) is 18.3. The third kappa shape index (κ3) is 6.70. The molecule has 1 aliphatic rings. The maximum Gasteiger partial charge on any atom is 0.261 e. The van der Waals surface area contributed by atoms with Gasteiger partial charge in [0.1, 0.15) is 0 Å². The quantitative estimate of drug-likeness (QED) is 0.312. The van der Waals surface area contributed by atoms with E-state index in [0.29, 0.717) is 6.54 Å². The topological polar surface area (TPSA) is 94.6 Å². The summed E-state index contributed by atoms with van der Waals surface area (Å²) in [5, 5.41) is 4.01. The molecule has 4 aromatic rings. The number of rotatable bonds is 8. The second-order valence-electron chi connectivity index (χ2n) is 9.48. The van der Waals surface area contributed by atoms with Crippen LogP contribution in [0.5, 0.6) is 0 Å². The Balaban J connectivity index is 0.00000353. The van der Waals surface area contributed by atoms with Crippen LogP contribution in [0.3, 0.4) is 0 Å². The Hall–Kier alpha value is -3.18. The molecule has 0 radical (unpaired) electrons. The molecule has 1 amide bonds. The zero-order chi connectivity index (χ0) is 26.7. The minimum Gasteiger partial charge on any atom is -0.351 e. The van der Waals surface area contributed by atoms with Crippen molar-refractivity contribution in [2.75, 3.05) is 48.9 Å². The van der Waals surface area contributed by atoms with E-state index < -0.39 is 10.0 Å². The van der Waals surface area contributed by atoms with Crippen LogP contribution in [0.15, 0.2) is 71.6 Å². The van der Waals surface area contributed by atoms with Gasteiger partial charge < -0.3 is 10.2 Å². The summed E-state index contributed by atoms with van der Waals surface area (Å²) in [5.41, 5.74) is 4.11. The summed E-state index contributed by atoms with van der Waals surface area (Å²) in [6, 6.07) is 19.1. The molecule has 0 bridgehead atoms. The van der Waals surface area contributed by atoms with Crippen LogP contribution >= 0.6 is 23.7 Å². The highest BCUT2D eigenvalue weighted by Crippen LogP contribution is 2.32. The molecule has 5 rings (SSSR count). The monoisotopic (exact) mass is 585 g/mol. The number of halogens is 1. The molecule has 1 fully saturated rings. The van der Waals surface area contributed by atoms with Crippen molar-refractivity contribution in [3.63, 3.8) is 0 Å². The molecule has 1 saturated heterocycles. The van der Waals surface area contributed by atoms with Crippen molar-refractivity contribution in [2.45, 2.75) is 18.7 Å². The zero-order valence-electron chi connectivity index (χ0n) is 21.9. The van der Waals surface area contributed by atoms with E-state index in [9.17, 15) is 13.2 Å². The summed E-state index contributed by atoms with van der Waals surface area (Å²) in [5.74, 6) is -0.310. The minimum absolute atomic E-state index is 0. The number of piperazine rings is 1. The fourth-order valence-electron chi connectivity index (χ4n) is 4.66. The van der Waals surface area contributed by atoms with Gasteiger partial charge in [0, 0.05) is 39.3 Å². The summed E-state index contributed by atoms with van der Waals surface area (Å²) in [6.45, 7) is 8.97. The third-order valence-electron chi connectivity index (χ3n) is 6.63. The first-order valence-corrected chi connectivity index (χ1v) is 14.9. The second-order valence-corrected chi connectivity index (χ2v) is 12.1. The molecule has 11 heteroatoms. The highest BCUT2D eigenvalue weighted by molar-refractivity contribution is 7.92. The van der Waals surface area contributed by atoms with Crippen LogP contribution in [0, 0.1) is 13.8 Å². The number of sulfonamides is 1. The number of benzene rings is 3. The van der Waals surface area contributed by atoms with Gasteiger partial charge >= 0.3 is 0 Å². The third-order valence-corrected chi connectivity index (χ3v) is 9.28. The van der Waals surface area contributed by atoms with E-state index in [0.717, 1.165) is 43.4 Å². The van der Waals surface area contributed by atoms with Crippen LogP contribution in [0.25, 0.3) is 10.2 Å². The van der Waals surface area contributed by atoms with E-state index in [2.05, 4.69) is 45.8 Å². The number of thiazole rings is 1. The number of carbonyl (C=O) groups excluding carboxylic acids is 1. The predicted octanol–water partition coefficient (Wildman–Crippen LogP) is 4.69. The molecule has 0 unspecified atom stereocenters. The van der Waals surface area contributed by atoms with Gasteiger partial charge in [0.25, 0.3) is 15.9 Å². The number of aryl methyl sites for hydroxylation is 2. The smallest absolute Gasteiger partial charge is 0.261 e. The number of nitrogens with zero attached hydrogens (tertiary/aromatic N) is 3. The first-order valence-electron chi connectivity index (χ1n) is 12.6. The van der Waals surface area contributed by atoms with Gasteiger partial charge in [-0.05, 0) is 55.3 Å². The normalized spacial score (nSPS) is 14.2. The number of hydrogen-bond acceptors (Lipinski definition) is 7. The zero-order valence-corrected chi connectivity index (χ0v) is 24.3. The second kappa shape index (κ2) is 12.3. The summed E-state index contributed by atoms with van der Waals surface area (Å²) in [6.07, 6.45) is 0. The number of aromatic nitrogens is 1. The molecule has 8 nitrogen and oxygen atoms in total. The van der Waals surface area contributed by atoms with Gasteiger partial charge in [0.05, 0.1) is 26.4 Å². The lowest BCUT2D eigenvalue weighted by Crippen LogP contribution is -2.48. The number of nitrogens with one attached hydrogen (secondary N) is 2. The largest absolute Gasteiger partial charge is 0.351 e. The van der Waals surface area contributed by atoms with Gasteiger partial charge in [-0.3, -0.25) is 14.4 Å². The summed E-state index contributed by atoms with van der Waals surface area (Å²) < 4.78 is 29.3. The molecule has 0 saturated carbocycles. The van der Waals surface area contributed by atoms with E-state index in [-0.39, 0.29) is 34.5 Å². The van der Waals surface area contributed by atoms with E-state index in [4.69, 9.17) is 4.98 Å². The van der Waals surface area contributed by atoms with Gasteiger partial charge in [0.2, 0.25) is 0 Å². The molecule has 1 aliphatic heterocycles. The Bertz CT molecular complexity index is 1550. The van der Waals surface area contributed by atoms with Crippen molar-refractivity contribution in [1.82, 2.24) is 15.2 Å². The lowest BCUT2D eigenvalue weighted by Gasteiger charge is -2.34. The predicted molar refractivity (Wildman–Crippen MR) is 161 cm³/mol. The van der Waals surface area contributed by atoms with Crippen molar-refractivity contribution < 1.29 is 13.2 Å². The average Bonchev–Trinajstić information content (AvgIpc) is 3.34. The molecule has 0 spiro atoms. The maximum atomic E-state index is 12.9. The van der Waals surface area contributed by atoms with Gasteiger partial charge in [0.15, 0.2) is 5.13 Å². The standard InChI is InChI=1S/C28H31N5O3S2.ClH/c1-20-18-21(2)26-25(19-20)30-28(37-26)33-16-14-32(15-17-33)13-12-29-27(34)23-10-6-7-11-24(23)31-38(35,36)22-8-4-3-5-9-22;/h3-11,18-19,31H,12-17H2,1-2H3,(H,29,34);1H. The molecule has 39 heavy (non-hydrogen) atoms. The maximum absolute atomic E-state index is 12.9. The summed E-state index contributed by atoms with van der Waals surface area (Å²) in [4.78, 5) is 22.6. The van der Waals surface area contributed by atoms with Crippen molar-refractivity contribution >= 4 is 60.7 Å².